The number of benzene rings is 1. The third-order valence-electron chi connectivity index (χ3n) is 7.59. The van der Waals surface area contributed by atoms with E-state index in [1.165, 1.54) is 12.8 Å². The molecule has 192 valence electrons. The highest BCUT2D eigenvalue weighted by Gasteiger charge is 2.27. The average molecular weight is 499 g/mol. The van der Waals surface area contributed by atoms with Crippen LogP contribution in [0.4, 0.5) is 11.6 Å². The van der Waals surface area contributed by atoms with Crippen molar-refractivity contribution in [2.45, 2.75) is 57.0 Å². The fourth-order valence-corrected chi connectivity index (χ4v) is 5.40. The lowest BCUT2D eigenvalue weighted by atomic mass is 9.96. The molecule has 1 aliphatic carbocycles. The average Bonchev–Trinajstić information content (AvgIpc) is 3.62. The predicted molar refractivity (Wildman–Crippen MR) is 142 cm³/mol. The molecule has 0 radical (unpaired) electrons. The number of piperidine rings is 1. The van der Waals surface area contributed by atoms with Gasteiger partial charge in [0.25, 0.3) is 5.91 Å². The van der Waals surface area contributed by atoms with Crippen molar-refractivity contribution in [3.8, 4) is 17.3 Å². The monoisotopic (exact) mass is 498 g/mol. The molecule has 3 aromatic rings. The molecule has 5 rings (SSSR count). The van der Waals surface area contributed by atoms with Crippen molar-refractivity contribution in [2.75, 3.05) is 25.5 Å². The second-order valence-corrected chi connectivity index (χ2v) is 10.2. The van der Waals surface area contributed by atoms with Crippen LogP contribution in [-0.2, 0) is 0 Å². The van der Waals surface area contributed by atoms with Gasteiger partial charge in [-0.05, 0) is 82.1 Å². The first-order valence-electron chi connectivity index (χ1n) is 13.2. The number of carbonyl (C=O) groups excluding carboxylic acids is 1. The van der Waals surface area contributed by atoms with Gasteiger partial charge in [0.05, 0.1) is 30.4 Å². The summed E-state index contributed by atoms with van der Waals surface area (Å²) >= 11 is 0. The Morgan fingerprint density at radius 1 is 1.14 bits per heavy atom. The van der Waals surface area contributed by atoms with Crippen molar-refractivity contribution in [2.24, 2.45) is 5.92 Å². The second-order valence-electron chi connectivity index (χ2n) is 10.2. The van der Waals surface area contributed by atoms with Gasteiger partial charge in [-0.25, -0.2) is 9.97 Å². The number of aromatic nitrogens is 4. The molecule has 1 aliphatic heterocycles. The van der Waals surface area contributed by atoms with Crippen LogP contribution < -0.4 is 10.6 Å². The van der Waals surface area contributed by atoms with Crippen molar-refractivity contribution < 1.29 is 4.79 Å². The van der Waals surface area contributed by atoms with E-state index in [0.717, 1.165) is 55.7 Å². The van der Waals surface area contributed by atoms with E-state index >= 15 is 0 Å². The number of hydrogen-bond donors (Lipinski definition) is 2. The number of nitriles is 1. The van der Waals surface area contributed by atoms with Gasteiger partial charge in [0.1, 0.15) is 0 Å². The first-order chi connectivity index (χ1) is 18.1. The van der Waals surface area contributed by atoms with Crippen LogP contribution >= 0.6 is 0 Å². The molecule has 1 atom stereocenters. The summed E-state index contributed by atoms with van der Waals surface area (Å²) < 4.78 is 1.94. The molecule has 1 saturated carbocycles. The maximum atomic E-state index is 12.6. The Kier molecular flexibility index (Phi) is 7.76. The predicted octanol–water partition coefficient (Wildman–Crippen LogP) is 4.55. The van der Waals surface area contributed by atoms with Gasteiger partial charge < -0.3 is 15.5 Å². The van der Waals surface area contributed by atoms with E-state index in [2.05, 4.69) is 43.7 Å². The summed E-state index contributed by atoms with van der Waals surface area (Å²) in [6, 6.07) is 11.9. The Hall–Kier alpha value is -3.77. The van der Waals surface area contributed by atoms with E-state index in [9.17, 15) is 10.1 Å². The Labute approximate surface area is 217 Å². The second kappa shape index (κ2) is 11.5. The van der Waals surface area contributed by atoms with Crippen LogP contribution in [0.1, 0.15) is 61.3 Å². The molecule has 3 heterocycles. The number of hydrogen-bond acceptors (Lipinski definition) is 7. The molecule has 2 aliphatic rings. The maximum absolute atomic E-state index is 12.6. The van der Waals surface area contributed by atoms with Gasteiger partial charge in [0.15, 0.2) is 0 Å². The molecule has 9 nitrogen and oxygen atoms in total. The molecule has 37 heavy (non-hydrogen) atoms. The summed E-state index contributed by atoms with van der Waals surface area (Å²) in [4.78, 5) is 24.0. The van der Waals surface area contributed by atoms with Gasteiger partial charge in [0.2, 0.25) is 5.95 Å². The molecule has 1 saturated heterocycles. The third kappa shape index (κ3) is 6.15. The quantitative estimate of drug-likeness (QED) is 0.468. The van der Waals surface area contributed by atoms with E-state index in [1.54, 1.807) is 6.20 Å². The highest BCUT2D eigenvalue weighted by Crippen LogP contribution is 2.36. The fourth-order valence-electron chi connectivity index (χ4n) is 5.40. The van der Waals surface area contributed by atoms with Crippen molar-refractivity contribution in [3.05, 3.63) is 54.5 Å². The first-order valence-corrected chi connectivity index (χ1v) is 13.2. The van der Waals surface area contributed by atoms with Crippen molar-refractivity contribution in [1.29, 1.82) is 5.26 Å². The highest BCUT2D eigenvalue weighted by molar-refractivity contribution is 5.94. The molecule has 0 bridgehead atoms. The summed E-state index contributed by atoms with van der Waals surface area (Å²) in [5.41, 5.74) is 3.10. The number of likely N-dealkylation sites (tertiary alicyclic amines) is 1. The zero-order chi connectivity index (χ0) is 25.6. The van der Waals surface area contributed by atoms with Gasteiger partial charge in [-0.15, -0.1) is 0 Å². The zero-order valence-corrected chi connectivity index (χ0v) is 21.3. The van der Waals surface area contributed by atoms with E-state index in [0.29, 0.717) is 23.9 Å². The molecule has 1 aromatic carbocycles. The summed E-state index contributed by atoms with van der Waals surface area (Å²) in [6.45, 7) is 2.02. The molecule has 1 amide bonds. The van der Waals surface area contributed by atoms with E-state index < -0.39 is 0 Å². The van der Waals surface area contributed by atoms with E-state index in [-0.39, 0.29) is 18.0 Å². The molecule has 2 aromatic heterocycles. The van der Waals surface area contributed by atoms with Gasteiger partial charge in [0, 0.05) is 35.2 Å². The number of anilines is 2. The lowest BCUT2D eigenvalue weighted by Crippen LogP contribution is -2.43. The minimum absolute atomic E-state index is 0.0383. The third-order valence-corrected chi connectivity index (χ3v) is 7.59. The Bertz CT molecular complexity index is 1230. The molecule has 9 heteroatoms. The van der Waals surface area contributed by atoms with Crippen LogP contribution in [0, 0.1) is 17.2 Å². The van der Waals surface area contributed by atoms with E-state index in [1.807, 2.05) is 47.4 Å². The minimum Gasteiger partial charge on any atom is -0.349 e. The Balaban J connectivity index is 1.23. The number of rotatable bonds is 8. The fraction of sp³-hybridized carbons (Fsp3) is 0.464. The summed E-state index contributed by atoms with van der Waals surface area (Å²) in [5, 5.41) is 20.3. The van der Waals surface area contributed by atoms with Gasteiger partial charge in [-0.1, -0.05) is 12.8 Å². The molecule has 1 unspecified atom stereocenters. The minimum atomic E-state index is -0.0383. The normalized spacial score (nSPS) is 17.8. The number of amides is 1. The smallest absolute Gasteiger partial charge is 0.251 e. The Morgan fingerprint density at radius 3 is 2.62 bits per heavy atom. The number of carbonyl (C=O) groups is 1. The summed E-state index contributed by atoms with van der Waals surface area (Å²) in [6.07, 6.45) is 12.7. The van der Waals surface area contributed by atoms with Crippen LogP contribution in [0.25, 0.3) is 11.3 Å². The lowest BCUT2D eigenvalue weighted by Gasteiger charge is -2.29. The van der Waals surface area contributed by atoms with Crippen LogP contribution in [0.5, 0.6) is 0 Å². The zero-order valence-electron chi connectivity index (χ0n) is 21.3. The summed E-state index contributed by atoms with van der Waals surface area (Å²) in [5.74, 6) is 0.936. The number of nitrogens with zero attached hydrogens (tertiary/aromatic N) is 6. The van der Waals surface area contributed by atoms with Crippen molar-refractivity contribution in [3.63, 3.8) is 0 Å². The van der Waals surface area contributed by atoms with Crippen molar-refractivity contribution in [1.82, 2.24) is 30.0 Å². The van der Waals surface area contributed by atoms with Crippen LogP contribution in [-0.4, -0.2) is 56.7 Å². The largest absolute Gasteiger partial charge is 0.349 e. The van der Waals surface area contributed by atoms with Crippen molar-refractivity contribution >= 4 is 17.5 Å². The molecule has 2 N–H and O–H groups in total. The number of nitrogens with one attached hydrogen (secondary N) is 2. The highest BCUT2D eigenvalue weighted by atomic mass is 16.1. The first kappa shape index (κ1) is 24.9. The van der Waals surface area contributed by atoms with Crippen LogP contribution in [0.2, 0.25) is 0 Å². The molecular weight excluding hydrogens is 464 g/mol. The SMILES string of the molecule is CN1CCC(NC(=O)c2ccc(Nc3nccc(-c4cnn(C(CC#N)C5CCCC5)c4)n3)cc2)CC1. The van der Waals surface area contributed by atoms with Crippen LogP contribution in [0.15, 0.2) is 48.9 Å². The van der Waals surface area contributed by atoms with E-state index in [4.69, 9.17) is 0 Å². The van der Waals surface area contributed by atoms with Gasteiger partial charge in [-0.3, -0.25) is 9.48 Å². The van der Waals surface area contributed by atoms with Crippen LogP contribution in [0.3, 0.4) is 0 Å². The standard InChI is InChI=1S/C28H34N8O/c1-35-16-12-24(13-17-35)32-27(37)21-6-8-23(9-7-21)33-28-30-15-11-25(34-28)22-18-31-36(19-22)26(10-14-29)20-4-2-3-5-20/h6-9,11,15,18-20,24,26H,2-5,10,12-13,16-17H2,1H3,(H,32,37)(H,30,33,34). The molecule has 0 spiro atoms. The molecule has 2 fully saturated rings. The molecular formula is C28H34N8O. The maximum Gasteiger partial charge on any atom is 0.251 e. The topological polar surface area (TPSA) is 112 Å². The van der Waals surface area contributed by atoms with Gasteiger partial charge >= 0.3 is 0 Å². The van der Waals surface area contributed by atoms with Gasteiger partial charge in [-0.2, -0.15) is 10.4 Å². The Morgan fingerprint density at radius 2 is 1.89 bits per heavy atom. The lowest BCUT2D eigenvalue weighted by molar-refractivity contribution is 0.0917. The summed E-state index contributed by atoms with van der Waals surface area (Å²) in [7, 11) is 2.11.